The van der Waals surface area contributed by atoms with Crippen LogP contribution in [0.3, 0.4) is 0 Å². The van der Waals surface area contributed by atoms with Gasteiger partial charge in [-0.1, -0.05) is 17.7 Å². The van der Waals surface area contributed by atoms with Gasteiger partial charge in [-0.25, -0.2) is 15.0 Å². The lowest BCUT2D eigenvalue weighted by Gasteiger charge is -2.35. The Morgan fingerprint density at radius 1 is 1.08 bits per heavy atom. The Morgan fingerprint density at radius 3 is 2.50 bits per heavy atom. The molecular weight excluding hydrogens is 326 g/mol. The van der Waals surface area contributed by atoms with Crippen LogP contribution in [-0.2, 0) is 6.54 Å². The van der Waals surface area contributed by atoms with Crippen molar-refractivity contribution in [3.05, 3.63) is 41.4 Å². The fraction of sp³-hybridized carbons (Fsp3) is 0.471. The zero-order chi connectivity index (χ0) is 16.9. The molecular formula is C17H22ClN5O. The molecule has 3 rings (SSSR count). The van der Waals surface area contributed by atoms with E-state index in [1.807, 2.05) is 32.2 Å². The molecule has 1 saturated heterocycles. The quantitative estimate of drug-likeness (QED) is 0.775. The van der Waals surface area contributed by atoms with Crippen LogP contribution in [0.1, 0.15) is 19.4 Å². The normalized spacial score (nSPS) is 15.8. The fourth-order valence-electron chi connectivity index (χ4n) is 2.72. The predicted molar refractivity (Wildman–Crippen MR) is 94.5 cm³/mol. The van der Waals surface area contributed by atoms with Crippen LogP contribution in [0, 0.1) is 0 Å². The molecule has 1 aliphatic rings. The average Bonchev–Trinajstić information content (AvgIpc) is 2.58. The van der Waals surface area contributed by atoms with Crippen molar-refractivity contribution in [3.63, 3.8) is 0 Å². The highest BCUT2D eigenvalue weighted by atomic mass is 35.5. The van der Waals surface area contributed by atoms with E-state index in [2.05, 4.69) is 24.8 Å². The number of halogens is 1. The van der Waals surface area contributed by atoms with Crippen LogP contribution in [0.15, 0.2) is 30.7 Å². The van der Waals surface area contributed by atoms with Crippen LogP contribution in [0.25, 0.3) is 0 Å². The second-order valence-electron chi connectivity index (χ2n) is 6.10. The number of anilines is 1. The minimum absolute atomic E-state index is 0.0825. The van der Waals surface area contributed by atoms with E-state index in [1.54, 1.807) is 12.4 Å². The van der Waals surface area contributed by atoms with E-state index < -0.39 is 0 Å². The van der Waals surface area contributed by atoms with Crippen molar-refractivity contribution < 1.29 is 4.74 Å². The van der Waals surface area contributed by atoms with Gasteiger partial charge in [-0.3, -0.25) is 4.90 Å². The summed E-state index contributed by atoms with van der Waals surface area (Å²) in [5, 5.41) is 0.531. The number of aromatic nitrogens is 3. The molecule has 0 amide bonds. The molecule has 0 atom stereocenters. The van der Waals surface area contributed by atoms with Gasteiger partial charge < -0.3 is 9.64 Å². The zero-order valence-corrected chi connectivity index (χ0v) is 14.8. The Bertz CT molecular complexity index is 656. The van der Waals surface area contributed by atoms with Crippen LogP contribution >= 0.6 is 11.6 Å². The summed E-state index contributed by atoms with van der Waals surface area (Å²) < 4.78 is 5.78. The number of nitrogens with zero attached hydrogens (tertiary/aromatic N) is 5. The standard InChI is InChI=1S/C17H22ClN5O/c1-13(2)24-17-16(19-5-6-20-17)23-9-7-22(8-10-23)12-14-3-4-15(18)21-11-14/h3-6,11,13H,7-10,12H2,1-2H3. The van der Waals surface area contributed by atoms with Crippen molar-refractivity contribution in [3.8, 4) is 5.88 Å². The molecule has 0 unspecified atom stereocenters. The molecule has 2 aromatic heterocycles. The molecule has 0 aliphatic carbocycles. The maximum atomic E-state index is 5.84. The van der Waals surface area contributed by atoms with Gasteiger partial charge in [0.05, 0.1) is 6.10 Å². The minimum atomic E-state index is 0.0825. The first-order valence-electron chi connectivity index (χ1n) is 8.17. The third-order valence-electron chi connectivity index (χ3n) is 3.86. The predicted octanol–water partition coefficient (Wildman–Crippen LogP) is 2.63. The lowest BCUT2D eigenvalue weighted by molar-refractivity contribution is 0.226. The molecule has 1 aliphatic heterocycles. The van der Waals surface area contributed by atoms with E-state index in [-0.39, 0.29) is 6.10 Å². The smallest absolute Gasteiger partial charge is 0.257 e. The van der Waals surface area contributed by atoms with Gasteiger partial charge in [0.25, 0.3) is 5.88 Å². The van der Waals surface area contributed by atoms with Crippen molar-refractivity contribution in [1.82, 2.24) is 19.9 Å². The number of pyridine rings is 1. The van der Waals surface area contributed by atoms with Crippen LogP contribution in [0.4, 0.5) is 5.82 Å². The third-order valence-corrected chi connectivity index (χ3v) is 4.08. The van der Waals surface area contributed by atoms with Crippen LogP contribution in [0.5, 0.6) is 5.88 Å². The summed E-state index contributed by atoms with van der Waals surface area (Å²) in [7, 11) is 0. The molecule has 0 N–H and O–H groups in total. The van der Waals surface area contributed by atoms with Crippen molar-refractivity contribution in [1.29, 1.82) is 0 Å². The summed E-state index contributed by atoms with van der Waals surface area (Å²) in [6.45, 7) is 8.59. The first-order valence-corrected chi connectivity index (χ1v) is 8.55. The first kappa shape index (κ1) is 16.9. The molecule has 2 aromatic rings. The molecule has 0 spiro atoms. The Kier molecular flexibility index (Phi) is 5.48. The molecule has 6 nitrogen and oxygen atoms in total. The Morgan fingerprint density at radius 2 is 1.83 bits per heavy atom. The molecule has 24 heavy (non-hydrogen) atoms. The van der Waals surface area contributed by atoms with Crippen LogP contribution < -0.4 is 9.64 Å². The molecule has 128 valence electrons. The van der Waals surface area contributed by atoms with E-state index in [4.69, 9.17) is 16.3 Å². The van der Waals surface area contributed by atoms with E-state index in [0.717, 1.165) is 38.5 Å². The van der Waals surface area contributed by atoms with Crippen molar-refractivity contribution >= 4 is 17.4 Å². The summed E-state index contributed by atoms with van der Waals surface area (Å²) in [5.74, 6) is 1.45. The minimum Gasteiger partial charge on any atom is -0.472 e. The van der Waals surface area contributed by atoms with Gasteiger partial charge in [-0.05, 0) is 25.5 Å². The Labute approximate surface area is 147 Å². The lowest BCUT2D eigenvalue weighted by atomic mass is 10.2. The summed E-state index contributed by atoms with van der Waals surface area (Å²) in [6.07, 6.45) is 5.31. The molecule has 3 heterocycles. The first-order chi connectivity index (χ1) is 11.6. The van der Waals surface area contributed by atoms with Gasteiger partial charge in [-0.2, -0.15) is 0 Å². The fourth-order valence-corrected chi connectivity index (χ4v) is 2.83. The third kappa shape index (κ3) is 4.33. The molecule has 1 fully saturated rings. The highest BCUT2D eigenvalue weighted by Crippen LogP contribution is 2.25. The van der Waals surface area contributed by atoms with Crippen LogP contribution in [-0.4, -0.2) is 52.1 Å². The number of piperazine rings is 1. The molecule has 0 bridgehead atoms. The van der Waals surface area contributed by atoms with Crippen LogP contribution in [0.2, 0.25) is 5.15 Å². The molecule has 0 saturated carbocycles. The number of hydrogen-bond donors (Lipinski definition) is 0. The summed E-state index contributed by atoms with van der Waals surface area (Å²) >= 11 is 5.84. The summed E-state index contributed by atoms with van der Waals surface area (Å²) in [5.41, 5.74) is 1.18. The SMILES string of the molecule is CC(C)Oc1nccnc1N1CCN(Cc2ccc(Cl)nc2)CC1. The lowest BCUT2D eigenvalue weighted by Crippen LogP contribution is -2.46. The van der Waals surface area contributed by atoms with Gasteiger partial charge in [0.15, 0.2) is 5.82 Å². The number of hydrogen-bond acceptors (Lipinski definition) is 6. The van der Waals surface area contributed by atoms with E-state index in [0.29, 0.717) is 11.0 Å². The highest BCUT2D eigenvalue weighted by Gasteiger charge is 2.22. The molecule has 7 heteroatoms. The monoisotopic (exact) mass is 347 g/mol. The Hall–Kier alpha value is -1.92. The Balaban J connectivity index is 1.60. The van der Waals surface area contributed by atoms with Gasteiger partial charge in [0.1, 0.15) is 5.15 Å². The maximum Gasteiger partial charge on any atom is 0.257 e. The van der Waals surface area contributed by atoms with Gasteiger partial charge in [0, 0.05) is 51.3 Å². The van der Waals surface area contributed by atoms with E-state index >= 15 is 0 Å². The summed E-state index contributed by atoms with van der Waals surface area (Å²) in [4.78, 5) is 17.6. The van der Waals surface area contributed by atoms with E-state index in [1.165, 1.54) is 5.56 Å². The second-order valence-corrected chi connectivity index (χ2v) is 6.49. The van der Waals surface area contributed by atoms with Gasteiger partial charge in [-0.15, -0.1) is 0 Å². The molecule has 0 radical (unpaired) electrons. The second kappa shape index (κ2) is 7.77. The largest absolute Gasteiger partial charge is 0.472 e. The van der Waals surface area contributed by atoms with Crippen molar-refractivity contribution in [2.75, 3.05) is 31.1 Å². The average molecular weight is 348 g/mol. The topological polar surface area (TPSA) is 54.4 Å². The maximum absolute atomic E-state index is 5.84. The van der Waals surface area contributed by atoms with Gasteiger partial charge >= 0.3 is 0 Å². The van der Waals surface area contributed by atoms with Crippen molar-refractivity contribution in [2.45, 2.75) is 26.5 Å². The highest BCUT2D eigenvalue weighted by molar-refractivity contribution is 6.29. The molecule has 0 aromatic carbocycles. The van der Waals surface area contributed by atoms with Crippen molar-refractivity contribution in [2.24, 2.45) is 0 Å². The van der Waals surface area contributed by atoms with Gasteiger partial charge in [0.2, 0.25) is 0 Å². The zero-order valence-electron chi connectivity index (χ0n) is 14.0. The number of rotatable bonds is 5. The summed E-state index contributed by atoms with van der Waals surface area (Å²) in [6, 6.07) is 3.86. The van der Waals surface area contributed by atoms with E-state index in [9.17, 15) is 0 Å². The number of ether oxygens (including phenoxy) is 1.